The van der Waals surface area contributed by atoms with Crippen molar-refractivity contribution in [1.82, 2.24) is 9.97 Å². The number of nitrogens with one attached hydrogen (secondary N) is 1. The monoisotopic (exact) mass is 510 g/mol. The average molecular weight is 511 g/mol. The smallest absolute Gasteiger partial charge is 0.311 e. The minimum atomic E-state index is -3.82. The predicted molar refractivity (Wildman–Crippen MR) is 119 cm³/mol. The summed E-state index contributed by atoms with van der Waals surface area (Å²) in [6.07, 6.45) is 1.78. The lowest BCUT2D eigenvalue weighted by Gasteiger charge is -2.18. The van der Waals surface area contributed by atoms with Gasteiger partial charge in [0.05, 0.1) is 22.1 Å². The number of rotatable bonds is 9. The number of halogens is 1. The number of hydrogen-bond donors (Lipinski definition) is 1. The Morgan fingerprint density at radius 2 is 2.03 bits per heavy atom. The lowest BCUT2D eigenvalue weighted by molar-refractivity contribution is -0.386. The van der Waals surface area contributed by atoms with Crippen LogP contribution in [0.25, 0.3) is 10.9 Å². The summed E-state index contributed by atoms with van der Waals surface area (Å²) in [6, 6.07) is 10.0. The van der Waals surface area contributed by atoms with Crippen LogP contribution in [0, 0.1) is 10.1 Å². The van der Waals surface area contributed by atoms with Crippen molar-refractivity contribution in [3.05, 3.63) is 57.3 Å². The van der Waals surface area contributed by atoms with Gasteiger partial charge in [-0.2, -0.15) is 8.42 Å². The lowest BCUT2D eigenvalue weighted by Crippen LogP contribution is -2.24. The van der Waals surface area contributed by atoms with Gasteiger partial charge in [-0.15, -0.1) is 0 Å². The van der Waals surface area contributed by atoms with Gasteiger partial charge in [0.2, 0.25) is 12.0 Å². The van der Waals surface area contributed by atoms with E-state index < -0.39 is 21.3 Å². The van der Waals surface area contributed by atoms with Crippen molar-refractivity contribution in [2.75, 3.05) is 11.6 Å². The maximum Gasteiger partial charge on any atom is 0.311 e. The van der Waals surface area contributed by atoms with Gasteiger partial charge >= 0.3 is 5.69 Å². The van der Waals surface area contributed by atoms with E-state index in [1.54, 1.807) is 0 Å². The number of aromatic nitrogens is 2. The molecule has 0 saturated heterocycles. The second-order valence-corrected chi connectivity index (χ2v) is 9.10. The summed E-state index contributed by atoms with van der Waals surface area (Å²) in [5.41, 5.74) is 0.738. The molecular weight excluding hydrogens is 492 g/mol. The zero-order valence-corrected chi connectivity index (χ0v) is 19.0. The summed E-state index contributed by atoms with van der Waals surface area (Å²) in [7, 11) is -3.82. The molecule has 0 aliphatic carbocycles. The normalized spacial score (nSPS) is 12.5. The fourth-order valence-electron chi connectivity index (χ4n) is 2.81. The topological polar surface area (TPSA) is 134 Å². The highest BCUT2D eigenvalue weighted by atomic mass is 79.9. The van der Waals surface area contributed by atoms with Crippen LogP contribution in [0.15, 0.2) is 47.2 Å². The first-order chi connectivity index (χ1) is 14.7. The first-order valence-electron chi connectivity index (χ1n) is 9.17. The molecule has 0 spiro atoms. The third kappa shape index (κ3) is 6.09. The third-order valence-corrected chi connectivity index (χ3v) is 5.12. The largest absolute Gasteiger partial charge is 0.456 e. The lowest BCUT2D eigenvalue weighted by atomic mass is 10.2. The Morgan fingerprint density at radius 1 is 1.26 bits per heavy atom. The molecule has 3 rings (SSSR count). The van der Waals surface area contributed by atoms with Gasteiger partial charge in [-0.1, -0.05) is 35.3 Å². The second-order valence-electron chi connectivity index (χ2n) is 6.59. The Hall–Kier alpha value is -2.83. The number of hydrogen-bond acceptors (Lipinski definition) is 9. The Balaban J connectivity index is 2.04. The number of nitrogens with zero attached hydrogens (tertiary/aromatic N) is 3. The zero-order chi connectivity index (χ0) is 22.6. The van der Waals surface area contributed by atoms with E-state index in [-0.39, 0.29) is 17.9 Å². The van der Waals surface area contributed by atoms with E-state index in [1.165, 1.54) is 18.5 Å². The molecule has 0 saturated carbocycles. The quantitative estimate of drug-likeness (QED) is 0.190. The molecule has 0 radical (unpaired) electrons. The second kappa shape index (κ2) is 9.54. The molecule has 0 bridgehead atoms. The molecule has 0 aliphatic heterocycles. The van der Waals surface area contributed by atoms with E-state index >= 15 is 0 Å². The molecule has 164 valence electrons. The van der Waals surface area contributed by atoms with E-state index in [1.807, 2.05) is 31.2 Å². The van der Waals surface area contributed by atoms with Crippen LogP contribution in [-0.4, -0.2) is 35.9 Å². The van der Waals surface area contributed by atoms with Crippen LogP contribution < -0.4 is 10.1 Å². The van der Waals surface area contributed by atoms with Crippen LogP contribution >= 0.6 is 15.9 Å². The van der Waals surface area contributed by atoms with Gasteiger partial charge in [0.25, 0.3) is 10.1 Å². The fourth-order valence-corrected chi connectivity index (χ4v) is 3.74. The number of nitro benzene ring substituents is 1. The molecule has 0 fully saturated rings. The van der Waals surface area contributed by atoms with Crippen LogP contribution in [-0.2, 0) is 14.3 Å². The summed E-state index contributed by atoms with van der Waals surface area (Å²) < 4.78 is 34.4. The minimum Gasteiger partial charge on any atom is -0.456 e. The Bertz CT molecular complexity index is 1220. The average Bonchev–Trinajstić information content (AvgIpc) is 2.66. The maximum atomic E-state index is 11.7. The molecule has 12 heteroatoms. The van der Waals surface area contributed by atoms with Crippen molar-refractivity contribution < 1.29 is 22.3 Å². The Morgan fingerprint density at radius 3 is 2.68 bits per heavy atom. The van der Waals surface area contributed by atoms with Crippen LogP contribution in [0.1, 0.15) is 19.8 Å². The highest BCUT2D eigenvalue weighted by Crippen LogP contribution is 2.35. The molecule has 31 heavy (non-hydrogen) atoms. The highest BCUT2D eigenvalue weighted by molar-refractivity contribution is 9.10. The van der Waals surface area contributed by atoms with Gasteiger partial charge in [0.1, 0.15) is 12.1 Å². The van der Waals surface area contributed by atoms with E-state index in [0.29, 0.717) is 23.1 Å². The first-order valence-corrected chi connectivity index (χ1v) is 11.8. The minimum absolute atomic E-state index is 0.147. The van der Waals surface area contributed by atoms with E-state index in [9.17, 15) is 18.5 Å². The standard InChI is InChI=1S/C19H19BrN4O6S/c1-3-5-18(30-31(2,27)28)29-17-10-15-14(9-16(17)24(25)26)19(22-11-21-15)23-13-7-4-6-12(20)8-13/h4,6-11,18H,3,5H2,1-2H3,(H,21,22,23). The number of anilines is 2. The molecule has 0 aliphatic rings. The van der Waals surface area contributed by atoms with Crippen LogP contribution in [0.2, 0.25) is 0 Å². The van der Waals surface area contributed by atoms with Crippen molar-refractivity contribution in [2.45, 2.75) is 26.1 Å². The van der Waals surface area contributed by atoms with Crippen molar-refractivity contribution >= 4 is 54.1 Å². The molecular formula is C19H19BrN4O6S. The maximum absolute atomic E-state index is 11.7. The molecule has 0 amide bonds. The number of ether oxygens (including phenoxy) is 1. The number of nitro groups is 1. The molecule has 10 nitrogen and oxygen atoms in total. The van der Waals surface area contributed by atoms with Crippen molar-refractivity contribution in [1.29, 1.82) is 0 Å². The molecule has 1 N–H and O–H groups in total. The summed E-state index contributed by atoms with van der Waals surface area (Å²) in [4.78, 5) is 19.5. The van der Waals surface area contributed by atoms with Gasteiger partial charge in [-0.25, -0.2) is 14.2 Å². The first kappa shape index (κ1) is 22.8. The zero-order valence-electron chi connectivity index (χ0n) is 16.6. The SMILES string of the molecule is CCCC(Oc1cc2ncnc(Nc3cccc(Br)c3)c2cc1[N+](=O)[O-])OS(C)(=O)=O. The molecule has 1 unspecified atom stereocenters. The molecule has 2 aromatic carbocycles. The molecule has 3 aromatic rings. The summed E-state index contributed by atoms with van der Waals surface area (Å²) in [5, 5.41) is 15.2. The molecule has 1 aromatic heterocycles. The summed E-state index contributed by atoms with van der Waals surface area (Å²) in [5.74, 6) is 0.224. The van der Waals surface area contributed by atoms with Crippen molar-refractivity contribution in [3.63, 3.8) is 0 Å². The highest BCUT2D eigenvalue weighted by Gasteiger charge is 2.24. The molecule has 1 heterocycles. The van der Waals surface area contributed by atoms with Gasteiger partial charge in [-0.05, 0) is 18.2 Å². The van der Waals surface area contributed by atoms with Gasteiger partial charge in [0.15, 0.2) is 0 Å². The fraction of sp³-hybridized carbons (Fsp3) is 0.263. The van der Waals surface area contributed by atoms with Gasteiger partial charge < -0.3 is 10.1 Å². The Kier molecular flexibility index (Phi) is 7.03. The predicted octanol–water partition coefficient (Wildman–Crippen LogP) is 4.53. The van der Waals surface area contributed by atoms with Crippen LogP contribution in [0.4, 0.5) is 17.2 Å². The van der Waals surface area contributed by atoms with Crippen LogP contribution in [0.3, 0.4) is 0 Å². The third-order valence-electron chi connectivity index (χ3n) is 4.07. The molecule has 1 atom stereocenters. The van der Waals surface area contributed by atoms with Gasteiger partial charge in [0, 0.05) is 28.7 Å². The number of fused-ring (bicyclic) bond motifs is 1. The van der Waals surface area contributed by atoms with E-state index in [2.05, 4.69) is 31.2 Å². The van der Waals surface area contributed by atoms with Crippen molar-refractivity contribution in [3.8, 4) is 5.75 Å². The summed E-state index contributed by atoms with van der Waals surface area (Å²) >= 11 is 3.39. The van der Waals surface area contributed by atoms with E-state index in [4.69, 9.17) is 8.92 Å². The van der Waals surface area contributed by atoms with E-state index in [0.717, 1.165) is 16.4 Å². The van der Waals surface area contributed by atoms with Gasteiger partial charge in [-0.3, -0.25) is 10.1 Å². The van der Waals surface area contributed by atoms with Crippen molar-refractivity contribution in [2.24, 2.45) is 0 Å². The summed E-state index contributed by atoms with van der Waals surface area (Å²) in [6.45, 7) is 1.81. The number of benzene rings is 2. The van der Waals surface area contributed by atoms with Crippen LogP contribution in [0.5, 0.6) is 5.75 Å². The Labute approximate surface area is 187 Å².